The summed E-state index contributed by atoms with van der Waals surface area (Å²) in [6.07, 6.45) is 9.55. The van der Waals surface area contributed by atoms with Crippen molar-refractivity contribution in [2.24, 2.45) is 0 Å². The minimum absolute atomic E-state index is 0. The molecule has 5 heterocycles. The molecule has 184 valence electrons. The number of fused-ring (bicyclic) bond motifs is 4. The van der Waals surface area contributed by atoms with Crippen LogP contribution in [0.15, 0.2) is 40.9 Å². The third kappa shape index (κ3) is 3.18. The number of ether oxygens (including phenoxy) is 1. The van der Waals surface area contributed by atoms with Crippen LogP contribution in [-0.2, 0) is 25.7 Å². The van der Waals surface area contributed by atoms with E-state index < -0.39 is 0 Å². The molecule has 0 saturated carbocycles. The van der Waals surface area contributed by atoms with E-state index in [0.29, 0.717) is 0 Å². The Bertz CT molecular complexity index is 1530. The van der Waals surface area contributed by atoms with Crippen LogP contribution < -0.4 is 24.8 Å². The first kappa shape index (κ1) is 22.6. The molecule has 4 nitrogen and oxygen atoms in total. The molecule has 0 saturated heterocycles. The molecular weight excluding hydrogens is 512 g/mol. The standard InChI is InChI=1S/C31H30BrN2O.H2O/c32-22-11-9-19(10-12-22)27-25-17-20-5-1-13-33-15-3-7-23(28(20)33)30(25)35-31-24-8-4-16-34-14-2-6-21(29(24)34)18-26(27)31;/h9-12,17-18H,1-8,13-16H2;1H2/q+1;/p-1. The first-order valence-electron chi connectivity index (χ1n) is 13.4. The van der Waals surface area contributed by atoms with Crippen LogP contribution in [0.4, 0.5) is 5.69 Å². The predicted octanol–water partition coefficient (Wildman–Crippen LogP) is 4.71. The van der Waals surface area contributed by atoms with Crippen molar-refractivity contribution in [3.8, 4) is 11.5 Å². The third-order valence-electron chi connectivity index (χ3n) is 8.82. The quantitative estimate of drug-likeness (QED) is 0.327. The average Bonchev–Trinajstić information content (AvgIpc) is 2.89. The second-order valence-electron chi connectivity index (χ2n) is 10.9. The van der Waals surface area contributed by atoms with Gasteiger partial charge in [-0.2, -0.15) is 0 Å². The summed E-state index contributed by atoms with van der Waals surface area (Å²) in [6, 6.07) is 13.9. The summed E-state index contributed by atoms with van der Waals surface area (Å²) >= 11 is 3.66. The van der Waals surface area contributed by atoms with Crippen LogP contribution >= 0.6 is 15.9 Å². The van der Waals surface area contributed by atoms with Crippen LogP contribution in [0.1, 0.15) is 59.1 Å². The molecule has 0 amide bonds. The van der Waals surface area contributed by atoms with Gasteiger partial charge in [0.25, 0.3) is 0 Å². The lowest BCUT2D eigenvalue weighted by Crippen LogP contribution is -2.45. The van der Waals surface area contributed by atoms with E-state index in [1.807, 2.05) is 0 Å². The molecule has 5 aliphatic rings. The van der Waals surface area contributed by atoms with E-state index in [2.05, 4.69) is 61.8 Å². The lowest BCUT2D eigenvalue weighted by molar-refractivity contribution is 0.431. The van der Waals surface area contributed by atoms with Gasteiger partial charge < -0.3 is 15.1 Å². The normalized spacial score (nSPS) is 18.9. The van der Waals surface area contributed by atoms with E-state index in [1.165, 1.54) is 120 Å². The second-order valence-corrected chi connectivity index (χ2v) is 11.8. The summed E-state index contributed by atoms with van der Waals surface area (Å²) in [4.78, 5) is 2.63. The molecule has 0 bridgehead atoms. The van der Waals surface area contributed by atoms with E-state index in [1.54, 1.807) is 0 Å². The van der Waals surface area contributed by atoms with Gasteiger partial charge in [0, 0.05) is 63.6 Å². The smallest absolute Gasteiger partial charge is 0.210 e. The number of aryl methyl sites for hydroxylation is 2. The maximum absolute atomic E-state index is 7.11. The molecule has 0 atom stereocenters. The molecule has 5 aliphatic heterocycles. The van der Waals surface area contributed by atoms with Crippen LogP contribution in [0.2, 0.25) is 0 Å². The lowest BCUT2D eigenvalue weighted by Gasteiger charge is -2.39. The molecule has 36 heavy (non-hydrogen) atoms. The Balaban J connectivity index is 0.00000220. The number of nitrogens with zero attached hydrogens (tertiary/aromatic N) is 2. The molecular formula is C31H31BrN2O2. The number of rotatable bonds is 1. The largest absolute Gasteiger partial charge is 0.870 e. The van der Waals surface area contributed by atoms with Crippen LogP contribution in [0.5, 0.6) is 11.5 Å². The monoisotopic (exact) mass is 542 g/mol. The zero-order chi connectivity index (χ0) is 23.1. The van der Waals surface area contributed by atoms with Gasteiger partial charge in [-0.25, -0.2) is 4.58 Å². The van der Waals surface area contributed by atoms with Gasteiger partial charge in [-0.3, -0.25) is 0 Å². The topological polar surface area (TPSA) is 45.5 Å². The Morgan fingerprint density at radius 1 is 0.778 bits per heavy atom. The zero-order valence-electron chi connectivity index (χ0n) is 20.6. The fourth-order valence-corrected chi connectivity index (χ4v) is 7.71. The van der Waals surface area contributed by atoms with Crippen LogP contribution in [0, 0.1) is 0 Å². The fourth-order valence-electron chi connectivity index (χ4n) is 7.44. The van der Waals surface area contributed by atoms with Crippen molar-refractivity contribution in [1.29, 1.82) is 0 Å². The number of halogens is 1. The highest BCUT2D eigenvalue weighted by molar-refractivity contribution is 9.10. The molecule has 0 fully saturated rings. The van der Waals surface area contributed by atoms with Crippen molar-refractivity contribution in [3.05, 3.63) is 84.8 Å². The Morgan fingerprint density at radius 2 is 1.50 bits per heavy atom. The van der Waals surface area contributed by atoms with E-state index in [-0.39, 0.29) is 5.48 Å². The van der Waals surface area contributed by atoms with Gasteiger partial charge in [-0.05, 0) is 73.9 Å². The van der Waals surface area contributed by atoms with Crippen molar-refractivity contribution in [1.82, 2.24) is 4.58 Å². The van der Waals surface area contributed by atoms with E-state index >= 15 is 0 Å². The molecule has 0 unspecified atom stereocenters. The molecule has 0 aliphatic carbocycles. The third-order valence-corrected chi connectivity index (χ3v) is 9.35. The van der Waals surface area contributed by atoms with Gasteiger partial charge >= 0.3 is 0 Å². The highest BCUT2D eigenvalue weighted by atomic mass is 79.9. The van der Waals surface area contributed by atoms with Crippen molar-refractivity contribution < 1.29 is 10.2 Å². The number of hydrogen-bond acceptors (Lipinski definition) is 3. The van der Waals surface area contributed by atoms with E-state index in [0.717, 1.165) is 28.8 Å². The average molecular weight is 544 g/mol. The number of hydrogen-bond donors (Lipinski definition) is 0. The van der Waals surface area contributed by atoms with Crippen LogP contribution in [0.25, 0.3) is 5.57 Å². The van der Waals surface area contributed by atoms with Gasteiger partial charge in [0.2, 0.25) is 5.36 Å². The van der Waals surface area contributed by atoms with Crippen molar-refractivity contribution >= 4 is 27.2 Å². The molecule has 8 rings (SSSR count). The molecule has 0 radical (unpaired) electrons. The highest BCUT2D eigenvalue weighted by Gasteiger charge is 2.35. The molecule has 3 aromatic carbocycles. The summed E-state index contributed by atoms with van der Waals surface area (Å²) in [5, 5.41) is 2.81. The Hall–Kier alpha value is -2.63. The molecule has 0 aromatic heterocycles. The summed E-state index contributed by atoms with van der Waals surface area (Å²) in [6.45, 7) is 4.75. The lowest BCUT2D eigenvalue weighted by atomic mass is 9.83. The first-order chi connectivity index (χ1) is 17.3. The summed E-state index contributed by atoms with van der Waals surface area (Å²) < 4.78 is 10.9. The van der Waals surface area contributed by atoms with Crippen molar-refractivity contribution in [3.63, 3.8) is 0 Å². The highest BCUT2D eigenvalue weighted by Crippen LogP contribution is 2.48. The van der Waals surface area contributed by atoms with Gasteiger partial charge in [0.1, 0.15) is 24.6 Å². The minimum atomic E-state index is 0. The molecule has 0 spiro atoms. The fraction of sp³-hybridized carbons (Fsp3) is 0.387. The zero-order valence-corrected chi connectivity index (χ0v) is 22.2. The minimum Gasteiger partial charge on any atom is -0.870 e. The SMILES string of the molecule is Brc1ccc(C2=c3cc4c5c(c3Oc3c2cc2c6c3CCCN6CCC2)CCC[N+]=5CCC4)cc1.[OH-]. The maximum atomic E-state index is 7.11. The predicted molar refractivity (Wildman–Crippen MR) is 146 cm³/mol. The first-order valence-corrected chi connectivity index (χ1v) is 14.2. The van der Waals surface area contributed by atoms with Gasteiger partial charge in [-0.1, -0.05) is 28.1 Å². The number of anilines is 1. The maximum Gasteiger partial charge on any atom is 0.210 e. The van der Waals surface area contributed by atoms with Gasteiger partial charge in [0.15, 0.2) is 0 Å². The van der Waals surface area contributed by atoms with E-state index in [9.17, 15) is 0 Å². The Kier molecular flexibility index (Phi) is 5.30. The summed E-state index contributed by atoms with van der Waals surface area (Å²) in [7, 11) is 0. The molecule has 1 N–H and O–H groups in total. The Morgan fingerprint density at radius 3 is 2.33 bits per heavy atom. The van der Waals surface area contributed by atoms with Crippen LogP contribution in [0.3, 0.4) is 0 Å². The second kappa shape index (κ2) is 8.46. The van der Waals surface area contributed by atoms with Crippen molar-refractivity contribution in [2.75, 3.05) is 31.1 Å². The molecule has 5 heteroatoms. The van der Waals surface area contributed by atoms with Gasteiger partial charge in [-0.15, -0.1) is 0 Å². The summed E-state index contributed by atoms with van der Waals surface area (Å²) in [5.41, 5.74) is 11.4. The number of benzene rings is 3. The van der Waals surface area contributed by atoms with Gasteiger partial charge in [0.05, 0.1) is 5.56 Å². The molecule has 3 aromatic rings. The van der Waals surface area contributed by atoms with E-state index in [4.69, 9.17) is 4.74 Å². The van der Waals surface area contributed by atoms with Crippen molar-refractivity contribution in [2.45, 2.75) is 51.4 Å². The summed E-state index contributed by atoms with van der Waals surface area (Å²) in [5.74, 6) is 2.29. The van der Waals surface area contributed by atoms with Crippen LogP contribution in [-0.4, -0.2) is 31.7 Å². The Labute approximate surface area is 220 Å².